The van der Waals surface area contributed by atoms with E-state index in [9.17, 15) is 24.5 Å². The van der Waals surface area contributed by atoms with E-state index in [-0.39, 0.29) is 17.2 Å². The molecule has 1 heterocycles. The zero-order chi connectivity index (χ0) is 19.4. The highest BCUT2D eigenvalue weighted by atomic mass is 16.6. The Kier molecular flexibility index (Phi) is 5.25. The van der Waals surface area contributed by atoms with Crippen LogP contribution in [0.15, 0.2) is 48.5 Å². The number of amides is 1. The van der Waals surface area contributed by atoms with Gasteiger partial charge in [-0.1, -0.05) is 12.1 Å². The molecule has 2 aromatic rings. The van der Waals surface area contributed by atoms with Gasteiger partial charge in [-0.25, -0.2) is 4.79 Å². The van der Waals surface area contributed by atoms with Gasteiger partial charge in [0.05, 0.1) is 4.92 Å². The molecule has 3 rings (SSSR count). The Morgan fingerprint density at radius 3 is 2.44 bits per heavy atom. The minimum Gasteiger partial charge on any atom is -0.454 e. The van der Waals surface area contributed by atoms with Crippen molar-refractivity contribution in [1.82, 2.24) is 0 Å². The third-order valence-electron chi connectivity index (χ3n) is 4.23. The van der Waals surface area contributed by atoms with E-state index in [2.05, 4.69) is 0 Å². The van der Waals surface area contributed by atoms with Crippen molar-refractivity contribution in [2.24, 2.45) is 0 Å². The first-order valence-electron chi connectivity index (χ1n) is 8.31. The first-order valence-corrected chi connectivity index (χ1v) is 8.31. The van der Waals surface area contributed by atoms with Gasteiger partial charge in [-0.15, -0.1) is 0 Å². The Morgan fingerprint density at radius 2 is 1.81 bits per heavy atom. The van der Waals surface area contributed by atoms with E-state index in [1.54, 1.807) is 29.2 Å². The lowest BCUT2D eigenvalue weighted by molar-refractivity contribution is -0.385. The van der Waals surface area contributed by atoms with Crippen LogP contribution in [-0.2, 0) is 9.53 Å². The number of hydrogen-bond donors (Lipinski definition) is 0. The van der Waals surface area contributed by atoms with Crippen LogP contribution in [-0.4, -0.2) is 35.7 Å². The van der Waals surface area contributed by atoms with Gasteiger partial charge in [0.25, 0.3) is 5.69 Å². The summed E-state index contributed by atoms with van der Waals surface area (Å²) >= 11 is 0. The van der Waals surface area contributed by atoms with E-state index < -0.39 is 23.3 Å². The molecule has 138 valence electrons. The smallest absolute Gasteiger partial charge is 0.345 e. The number of Topliss-reactive ketones (excluding diaryl/α,β-unsaturated/α-hetero) is 1. The normalized spacial score (nSPS) is 13.5. The molecule has 0 N–H and O–H groups in total. The highest BCUT2D eigenvalue weighted by molar-refractivity contribution is 6.01. The lowest BCUT2D eigenvalue weighted by atomic mass is 10.1. The first-order chi connectivity index (χ1) is 13.0. The van der Waals surface area contributed by atoms with Gasteiger partial charge in [0.2, 0.25) is 5.91 Å². The van der Waals surface area contributed by atoms with Crippen molar-refractivity contribution in [3.05, 3.63) is 69.8 Å². The summed E-state index contributed by atoms with van der Waals surface area (Å²) in [6.45, 7) is 0.118. The molecule has 1 aliphatic rings. The van der Waals surface area contributed by atoms with Crippen molar-refractivity contribution in [2.75, 3.05) is 18.1 Å². The molecule has 0 radical (unpaired) electrons. The molecule has 0 bridgehead atoms. The zero-order valence-electron chi connectivity index (χ0n) is 14.3. The van der Waals surface area contributed by atoms with Gasteiger partial charge in [-0.05, 0) is 36.8 Å². The number of nitro benzene ring substituents is 1. The van der Waals surface area contributed by atoms with Crippen LogP contribution in [0.5, 0.6) is 0 Å². The number of carbonyl (C=O) groups excluding carboxylic acids is 3. The van der Waals surface area contributed by atoms with Crippen LogP contribution in [0.4, 0.5) is 11.4 Å². The maximum absolute atomic E-state index is 12.2. The van der Waals surface area contributed by atoms with E-state index in [1.807, 2.05) is 0 Å². The van der Waals surface area contributed by atoms with E-state index in [0.717, 1.165) is 6.42 Å². The maximum atomic E-state index is 12.2. The molecule has 0 atom stereocenters. The molecule has 1 fully saturated rings. The molecule has 1 aliphatic heterocycles. The molecular weight excluding hydrogens is 352 g/mol. The van der Waals surface area contributed by atoms with Gasteiger partial charge in [0, 0.05) is 30.3 Å². The standard InChI is InChI=1S/C19H16N2O6/c22-17(12-27-19(24)15-4-1-2-5-16(15)21(25)26)13-7-9-14(10-8-13)20-11-3-6-18(20)23/h1-2,4-5,7-10H,3,6,11-12H2. The highest BCUT2D eigenvalue weighted by Crippen LogP contribution is 2.22. The second-order valence-electron chi connectivity index (χ2n) is 5.97. The molecule has 8 nitrogen and oxygen atoms in total. The summed E-state index contributed by atoms with van der Waals surface area (Å²) in [5, 5.41) is 11.0. The first kappa shape index (κ1) is 18.2. The van der Waals surface area contributed by atoms with Crippen molar-refractivity contribution in [3.8, 4) is 0 Å². The van der Waals surface area contributed by atoms with Gasteiger partial charge < -0.3 is 9.64 Å². The number of ether oxygens (including phenoxy) is 1. The predicted octanol–water partition coefficient (Wildman–Crippen LogP) is 2.76. The summed E-state index contributed by atoms with van der Waals surface area (Å²) in [6, 6.07) is 11.8. The van der Waals surface area contributed by atoms with Crippen LogP contribution in [0.3, 0.4) is 0 Å². The second-order valence-corrected chi connectivity index (χ2v) is 5.97. The van der Waals surface area contributed by atoms with Crippen molar-refractivity contribution in [2.45, 2.75) is 12.8 Å². The molecule has 0 spiro atoms. The highest BCUT2D eigenvalue weighted by Gasteiger charge is 2.23. The quantitative estimate of drug-likeness (QED) is 0.336. The average Bonchev–Trinajstić information content (AvgIpc) is 3.11. The van der Waals surface area contributed by atoms with Crippen LogP contribution < -0.4 is 4.90 Å². The number of carbonyl (C=O) groups is 3. The molecule has 27 heavy (non-hydrogen) atoms. The van der Waals surface area contributed by atoms with E-state index >= 15 is 0 Å². The summed E-state index contributed by atoms with van der Waals surface area (Å²) in [5.74, 6) is -1.33. The van der Waals surface area contributed by atoms with E-state index in [0.29, 0.717) is 24.2 Å². The fraction of sp³-hybridized carbons (Fsp3) is 0.211. The number of nitrogens with zero attached hydrogens (tertiary/aromatic N) is 2. The predicted molar refractivity (Wildman–Crippen MR) is 95.7 cm³/mol. The summed E-state index contributed by atoms with van der Waals surface area (Å²) in [4.78, 5) is 47.9. The van der Waals surface area contributed by atoms with Gasteiger partial charge in [0.1, 0.15) is 5.56 Å². The molecule has 0 saturated carbocycles. The molecule has 1 amide bonds. The Balaban J connectivity index is 1.63. The van der Waals surface area contributed by atoms with E-state index in [4.69, 9.17) is 4.74 Å². The summed E-state index contributed by atoms with van der Waals surface area (Å²) in [7, 11) is 0. The Hall–Kier alpha value is -3.55. The van der Waals surface area contributed by atoms with Crippen molar-refractivity contribution >= 4 is 29.0 Å². The number of esters is 1. The van der Waals surface area contributed by atoms with Gasteiger partial charge in [-0.2, -0.15) is 0 Å². The number of anilines is 1. The van der Waals surface area contributed by atoms with Crippen LogP contribution in [0.1, 0.15) is 33.6 Å². The summed E-state index contributed by atoms with van der Waals surface area (Å²) < 4.78 is 4.92. The lowest BCUT2D eigenvalue weighted by Crippen LogP contribution is -2.23. The van der Waals surface area contributed by atoms with Crippen molar-refractivity contribution in [1.29, 1.82) is 0 Å². The molecule has 2 aromatic carbocycles. The topological polar surface area (TPSA) is 107 Å². The summed E-state index contributed by atoms with van der Waals surface area (Å²) in [5.41, 5.74) is 0.444. The lowest BCUT2D eigenvalue weighted by Gasteiger charge is -2.15. The largest absolute Gasteiger partial charge is 0.454 e. The molecule has 8 heteroatoms. The van der Waals surface area contributed by atoms with Crippen molar-refractivity contribution in [3.63, 3.8) is 0 Å². The minimum absolute atomic E-state index is 0.0486. The van der Waals surface area contributed by atoms with Crippen LogP contribution in [0.2, 0.25) is 0 Å². The fourth-order valence-corrected chi connectivity index (χ4v) is 2.85. The van der Waals surface area contributed by atoms with Gasteiger partial charge in [0.15, 0.2) is 12.4 Å². The number of benzene rings is 2. The molecule has 0 aromatic heterocycles. The van der Waals surface area contributed by atoms with Crippen LogP contribution in [0.25, 0.3) is 0 Å². The zero-order valence-corrected chi connectivity index (χ0v) is 14.3. The molecule has 0 unspecified atom stereocenters. The van der Waals surface area contributed by atoms with E-state index in [1.165, 1.54) is 24.3 Å². The second kappa shape index (κ2) is 7.77. The number of ketones is 1. The fourth-order valence-electron chi connectivity index (χ4n) is 2.85. The Bertz CT molecular complexity index is 907. The minimum atomic E-state index is -0.935. The average molecular weight is 368 g/mol. The third-order valence-corrected chi connectivity index (χ3v) is 4.23. The summed E-state index contributed by atoms with van der Waals surface area (Å²) in [6.07, 6.45) is 1.32. The van der Waals surface area contributed by atoms with Crippen LogP contribution >= 0.6 is 0 Å². The Morgan fingerprint density at radius 1 is 1.11 bits per heavy atom. The van der Waals surface area contributed by atoms with Gasteiger partial charge in [-0.3, -0.25) is 19.7 Å². The third kappa shape index (κ3) is 4.00. The van der Waals surface area contributed by atoms with Gasteiger partial charge >= 0.3 is 5.97 Å². The monoisotopic (exact) mass is 368 g/mol. The number of nitro groups is 1. The number of para-hydroxylation sites is 1. The Labute approximate surface area is 154 Å². The number of hydrogen-bond acceptors (Lipinski definition) is 6. The molecule has 0 aliphatic carbocycles. The van der Waals surface area contributed by atoms with Crippen molar-refractivity contribution < 1.29 is 24.0 Å². The van der Waals surface area contributed by atoms with Crippen LogP contribution in [0, 0.1) is 10.1 Å². The SMILES string of the molecule is O=C(COC(=O)c1ccccc1[N+](=O)[O-])c1ccc(N2CCCC2=O)cc1. The maximum Gasteiger partial charge on any atom is 0.345 e. The number of rotatable bonds is 6. The molecular formula is C19H16N2O6. The molecule has 1 saturated heterocycles.